The van der Waals surface area contributed by atoms with E-state index in [1.807, 2.05) is 0 Å². The van der Waals surface area contributed by atoms with Crippen molar-refractivity contribution in [1.82, 2.24) is 0 Å². The van der Waals surface area contributed by atoms with Gasteiger partial charge < -0.3 is 4.72 Å². The van der Waals surface area contributed by atoms with E-state index in [1.165, 1.54) is 24.1 Å². The smallest absolute Gasteiger partial charge is 0.326 e. The molecule has 22 heavy (non-hydrogen) atoms. The third-order valence-electron chi connectivity index (χ3n) is 2.80. The second kappa shape index (κ2) is 7.11. The predicted molar refractivity (Wildman–Crippen MR) is 85.5 cm³/mol. The van der Waals surface area contributed by atoms with Gasteiger partial charge in [0.1, 0.15) is 0 Å². The molecule has 7 heteroatoms. The maximum Gasteiger partial charge on any atom is 0.416 e. The number of nitrogens with one attached hydrogen (secondary N) is 1. The minimum absolute atomic E-state index is 0.0912. The second-order valence-corrected chi connectivity index (χ2v) is 5.58. The summed E-state index contributed by atoms with van der Waals surface area (Å²) in [5.74, 6) is 0.0293. The normalized spacial score (nSPS) is 11.3. The molecule has 2 aromatic carbocycles. The van der Waals surface area contributed by atoms with Crippen molar-refractivity contribution in [2.24, 2.45) is 0 Å². The Morgan fingerprint density at radius 2 is 1.82 bits per heavy atom. The first-order valence-corrected chi connectivity index (χ1v) is 7.69. The number of hydrogen-bond acceptors (Lipinski definition) is 4. The molecule has 0 radical (unpaired) electrons. The Morgan fingerprint density at radius 3 is 2.41 bits per heavy atom. The molecular formula is C15H12F3NOS2. The van der Waals surface area contributed by atoms with E-state index in [2.05, 4.69) is 17.4 Å². The van der Waals surface area contributed by atoms with Crippen molar-refractivity contribution in [2.45, 2.75) is 11.1 Å². The molecule has 0 atom stereocenters. The van der Waals surface area contributed by atoms with Crippen LogP contribution < -0.4 is 4.72 Å². The molecule has 0 amide bonds. The van der Waals surface area contributed by atoms with Gasteiger partial charge in [-0.05, 0) is 48.3 Å². The first-order valence-electron chi connectivity index (χ1n) is 6.24. The lowest BCUT2D eigenvalue weighted by atomic mass is 10.1. The second-order valence-electron chi connectivity index (χ2n) is 4.39. The van der Waals surface area contributed by atoms with E-state index in [1.54, 1.807) is 24.3 Å². The molecule has 0 unspecified atom stereocenters. The summed E-state index contributed by atoms with van der Waals surface area (Å²) in [6, 6.07) is 11.7. The van der Waals surface area contributed by atoms with E-state index in [0.717, 1.165) is 12.1 Å². The predicted octanol–water partition coefficient (Wildman–Crippen LogP) is 4.94. The molecule has 2 nitrogen and oxygen atoms in total. The summed E-state index contributed by atoms with van der Waals surface area (Å²) in [5.41, 5.74) is 0.545. The third-order valence-corrected chi connectivity index (χ3v) is 3.93. The highest BCUT2D eigenvalue weighted by Crippen LogP contribution is 2.31. The summed E-state index contributed by atoms with van der Waals surface area (Å²) >= 11 is 5.11. The van der Waals surface area contributed by atoms with Crippen LogP contribution in [0.1, 0.15) is 15.9 Å². The molecule has 0 aromatic heterocycles. The van der Waals surface area contributed by atoms with Crippen LogP contribution in [0.4, 0.5) is 18.9 Å². The van der Waals surface area contributed by atoms with Crippen LogP contribution in [-0.2, 0) is 6.18 Å². The van der Waals surface area contributed by atoms with Gasteiger partial charge >= 0.3 is 6.18 Å². The van der Waals surface area contributed by atoms with Crippen LogP contribution >= 0.6 is 24.6 Å². The average molecular weight is 343 g/mol. The summed E-state index contributed by atoms with van der Waals surface area (Å²) < 4.78 is 40.4. The summed E-state index contributed by atoms with van der Waals surface area (Å²) in [5, 5.41) is 0. The van der Waals surface area contributed by atoms with Crippen LogP contribution in [0.5, 0.6) is 0 Å². The van der Waals surface area contributed by atoms with Crippen molar-refractivity contribution in [2.75, 3.05) is 10.5 Å². The molecule has 0 fully saturated rings. The standard InChI is InChI=1S/C15H12F3NOS2/c16-15(17,18)11-4-6-13(7-5-11)22-19-12-3-1-2-10(8-12)14(20)9-21/h1-8,19,21H,9H2. The monoisotopic (exact) mass is 343 g/mol. The number of benzene rings is 2. The number of halogens is 3. The Labute approximate surface area is 135 Å². The number of alkyl halides is 3. The van der Waals surface area contributed by atoms with Crippen molar-refractivity contribution >= 4 is 36.0 Å². The van der Waals surface area contributed by atoms with E-state index >= 15 is 0 Å². The molecule has 116 valence electrons. The largest absolute Gasteiger partial charge is 0.416 e. The van der Waals surface area contributed by atoms with E-state index in [9.17, 15) is 18.0 Å². The van der Waals surface area contributed by atoms with Gasteiger partial charge in [0.2, 0.25) is 0 Å². The molecule has 0 saturated carbocycles. The zero-order valence-electron chi connectivity index (χ0n) is 11.2. The van der Waals surface area contributed by atoms with Crippen molar-refractivity contribution in [3.05, 3.63) is 59.7 Å². The number of anilines is 1. The van der Waals surface area contributed by atoms with Gasteiger partial charge in [0, 0.05) is 16.1 Å². The van der Waals surface area contributed by atoms with E-state index < -0.39 is 11.7 Å². The van der Waals surface area contributed by atoms with E-state index in [-0.39, 0.29) is 11.5 Å². The molecule has 0 aliphatic heterocycles. The average Bonchev–Trinajstić information content (AvgIpc) is 2.52. The van der Waals surface area contributed by atoms with Crippen molar-refractivity contribution < 1.29 is 18.0 Å². The Balaban J connectivity index is 2.03. The molecule has 0 saturated heterocycles. The molecule has 2 aromatic rings. The van der Waals surface area contributed by atoms with Crippen LogP contribution in [0.15, 0.2) is 53.4 Å². The van der Waals surface area contributed by atoms with Crippen molar-refractivity contribution in [1.29, 1.82) is 0 Å². The highest BCUT2D eigenvalue weighted by atomic mass is 32.2. The van der Waals surface area contributed by atoms with Crippen LogP contribution in [0.2, 0.25) is 0 Å². The minimum Gasteiger partial charge on any atom is -0.326 e. The van der Waals surface area contributed by atoms with Crippen LogP contribution in [-0.4, -0.2) is 11.5 Å². The fourth-order valence-electron chi connectivity index (χ4n) is 1.68. The van der Waals surface area contributed by atoms with Crippen molar-refractivity contribution in [3.8, 4) is 0 Å². The third kappa shape index (κ3) is 4.45. The number of thiol groups is 1. The zero-order chi connectivity index (χ0) is 16.2. The number of carbonyl (C=O) groups excluding carboxylic acids is 1. The Morgan fingerprint density at radius 1 is 1.14 bits per heavy atom. The number of carbonyl (C=O) groups is 1. The van der Waals surface area contributed by atoms with Gasteiger partial charge in [-0.25, -0.2) is 0 Å². The van der Waals surface area contributed by atoms with Crippen LogP contribution in [0.25, 0.3) is 0 Å². The number of ketones is 1. The van der Waals surface area contributed by atoms with Crippen LogP contribution in [0, 0.1) is 0 Å². The molecule has 0 aliphatic carbocycles. The topological polar surface area (TPSA) is 29.1 Å². The van der Waals surface area contributed by atoms with Gasteiger partial charge in [-0.2, -0.15) is 25.8 Å². The number of rotatable bonds is 5. The first-order chi connectivity index (χ1) is 10.4. The minimum atomic E-state index is -4.34. The fourth-order valence-corrected chi connectivity index (χ4v) is 2.49. The van der Waals surface area contributed by atoms with Gasteiger partial charge in [-0.3, -0.25) is 4.79 Å². The highest BCUT2D eigenvalue weighted by Gasteiger charge is 2.29. The Hall–Kier alpha value is -1.60. The molecular weight excluding hydrogens is 331 g/mol. The Bertz CT molecular complexity index is 657. The quantitative estimate of drug-likeness (QED) is 0.458. The molecule has 0 bridgehead atoms. The molecule has 2 rings (SSSR count). The van der Waals surface area contributed by atoms with Gasteiger partial charge in [0.05, 0.1) is 11.3 Å². The van der Waals surface area contributed by atoms with Gasteiger partial charge in [0.15, 0.2) is 5.78 Å². The summed E-state index contributed by atoms with van der Waals surface area (Å²) in [7, 11) is 0. The van der Waals surface area contributed by atoms with Crippen molar-refractivity contribution in [3.63, 3.8) is 0 Å². The maximum absolute atomic E-state index is 12.5. The van der Waals surface area contributed by atoms with Gasteiger partial charge in [-0.1, -0.05) is 12.1 Å². The lowest BCUT2D eigenvalue weighted by Crippen LogP contribution is -2.04. The van der Waals surface area contributed by atoms with Crippen LogP contribution in [0.3, 0.4) is 0 Å². The van der Waals surface area contributed by atoms with E-state index in [0.29, 0.717) is 16.1 Å². The SMILES string of the molecule is O=C(CS)c1cccc(NSc2ccc(C(F)(F)F)cc2)c1. The molecule has 0 aliphatic rings. The van der Waals surface area contributed by atoms with Gasteiger partial charge in [-0.15, -0.1) is 0 Å². The number of hydrogen-bond donors (Lipinski definition) is 2. The summed E-state index contributed by atoms with van der Waals surface area (Å²) in [4.78, 5) is 12.2. The molecule has 0 spiro atoms. The Kier molecular flexibility index (Phi) is 5.42. The van der Waals surface area contributed by atoms with Gasteiger partial charge in [0.25, 0.3) is 0 Å². The maximum atomic E-state index is 12.5. The number of Topliss-reactive ketones (excluding diaryl/α,β-unsaturated/α-hetero) is 1. The van der Waals surface area contributed by atoms with E-state index in [4.69, 9.17) is 0 Å². The summed E-state index contributed by atoms with van der Waals surface area (Å²) in [6.07, 6.45) is -4.34. The summed E-state index contributed by atoms with van der Waals surface area (Å²) in [6.45, 7) is 0. The molecule has 0 heterocycles. The zero-order valence-corrected chi connectivity index (χ0v) is 12.9. The lowest BCUT2D eigenvalue weighted by molar-refractivity contribution is -0.137. The fraction of sp³-hybridized carbons (Fsp3) is 0.133. The first kappa shape index (κ1) is 16.8. The lowest BCUT2D eigenvalue weighted by Gasteiger charge is -2.09. The molecule has 1 N–H and O–H groups in total. The highest BCUT2D eigenvalue weighted by molar-refractivity contribution is 8.00.